The molecule has 0 bridgehead atoms. The molecule has 1 heterocycles. The molecule has 0 spiro atoms. The van der Waals surface area contributed by atoms with Crippen LogP contribution in [0.1, 0.15) is 17.5 Å². The second-order valence-corrected chi connectivity index (χ2v) is 7.02. The van der Waals surface area contributed by atoms with Crippen LogP contribution in [-0.4, -0.2) is 43.2 Å². The Morgan fingerprint density at radius 1 is 1.15 bits per heavy atom. The largest absolute Gasteiger partial charge is 0.374 e. The molecule has 1 aliphatic rings. The molecule has 5 heteroatoms. The van der Waals surface area contributed by atoms with E-state index in [9.17, 15) is 4.79 Å². The van der Waals surface area contributed by atoms with E-state index in [0.717, 1.165) is 25.2 Å². The number of hydrogen-bond donors (Lipinski definition) is 1. The van der Waals surface area contributed by atoms with E-state index in [1.54, 1.807) is 0 Å². The fourth-order valence-corrected chi connectivity index (χ4v) is 3.38. The van der Waals surface area contributed by atoms with Crippen molar-refractivity contribution in [2.24, 2.45) is 0 Å². The summed E-state index contributed by atoms with van der Waals surface area (Å²) in [7, 11) is 0. The zero-order valence-electron chi connectivity index (χ0n) is 14.9. The number of ether oxygens (including phenoxy) is 1. The molecule has 1 atom stereocenters. The van der Waals surface area contributed by atoms with E-state index < -0.39 is 0 Å². The first kappa shape index (κ1) is 18.9. The Bertz CT molecular complexity index is 708. The van der Waals surface area contributed by atoms with Gasteiger partial charge in [0.15, 0.2) is 0 Å². The summed E-state index contributed by atoms with van der Waals surface area (Å²) in [5.41, 5.74) is 2.31. The summed E-state index contributed by atoms with van der Waals surface area (Å²) in [5.74, 6) is 0.0358. The quantitative estimate of drug-likeness (QED) is 0.810. The minimum Gasteiger partial charge on any atom is -0.374 e. The van der Waals surface area contributed by atoms with Gasteiger partial charge in [0.1, 0.15) is 0 Å². The highest BCUT2D eigenvalue weighted by Crippen LogP contribution is 2.16. The summed E-state index contributed by atoms with van der Waals surface area (Å²) in [4.78, 5) is 14.5. The van der Waals surface area contributed by atoms with Crippen molar-refractivity contribution in [3.05, 3.63) is 70.7 Å². The van der Waals surface area contributed by atoms with Gasteiger partial charge >= 0.3 is 0 Å². The highest BCUT2D eigenvalue weighted by molar-refractivity contribution is 6.31. The normalized spacial score (nSPS) is 17.8. The van der Waals surface area contributed by atoms with Gasteiger partial charge in [0, 0.05) is 37.6 Å². The third-order valence-electron chi connectivity index (χ3n) is 4.58. The van der Waals surface area contributed by atoms with Crippen LogP contribution in [-0.2, 0) is 22.5 Å². The lowest BCUT2D eigenvalue weighted by molar-refractivity contribution is -0.122. The average molecular weight is 373 g/mol. The highest BCUT2D eigenvalue weighted by Gasteiger charge is 2.21. The molecule has 1 saturated heterocycles. The van der Waals surface area contributed by atoms with Crippen LogP contribution in [0.25, 0.3) is 0 Å². The summed E-state index contributed by atoms with van der Waals surface area (Å²) in [6.45, 7) is 3.92. The van der Waals surface area contributed by atoms with Crippen molar-refractivity contribution >= 4 is 17.5 Å². The number of halogens is 1. The minimum atomic E-state index is 0.0358. The SMILES string of the molecule is O=C(CCc1ccccc1Cl)NCC1CN(Cc2ccccc2)CCO1. The fourth-order valence-electron chi connectivity index (χ4n) is 3.15. The van der Waals surface area contributed by atoms with Crippen molar-refractivity contribution < 1.29 is 9.53 Å². The molecular formula is C21H25ClN2O2. The molecule has 1 fully saturated rings. The molecular weight excluding hydrogens is 348 g/mol. The van der Waals surface area contributed by atoms with E-state index in [0.29, 0.717) is 31.0 Å². The number of amides is 1. The Morgan fingerprint density at radius 2 is 1.92 bits per heavy atom. The lowest BCUT2D eigenvalue weighted by Crippen LogP contribution is -2.47. The molecule has 0 aliphatic carbocycles. The van der Waals surface area contributed by atoms with Gasteiger partial charge in [-0.25, -0.2) is 0 Å². The highest BCUT2D eigenvalue weighted by atomic mass is 35.5. The Hall–Kier alpha value is -1.88. The smallest absolute Gasteiger partial charge is 0.220 e. The minimum absolute atomic E-state index is 0.0358. The van der Waals surface area contributed by atoms with E-state index in [-0.39, 0.29) is 12.0 Å². The number of carbonyl (C=O) groups excluding carboxylic acids is 1. The molecule has 4 nitrogen and oxygen atoms in total. The van der Waals surface area contributed by atoms with Crippen molar-refractivity contribution in [2.75, 3.05) is 26.2 Å². The van der Waals surface area contributed by atoms with Gasteiger partial charge in [-0.15, -0.1) is 0 Å². The van der Waals surface area contributed by atoms with Gasteiger partial charge in [0.2, 0.25) is 5.91 Å². The molecule has 0 radical (unpaired) electrons. The van der Waals surface area contributed by atoms with Crippen LogP contribution < -0.4 is 5.32 Å². The lowest BCUT2D eigenvalue weighted by atomic mass is 10.1. The first-order valence-electron chi connectivity index (χ1n) is 9.08. The van der Waals surface area contributed by atoms with E-state index >= 15 is 0 Å². The second-order valence-electron chi connectivity index (χ2n) is 6.61. The number of carbonyl (C=O) groups is 1. The van der Waals surface area contributed by atoms with Gasteiger partial charge in [-0.2, -0.15) is 0 Å². The fraction of sp³-hybridized carbons (Fsp3) is 0.381. The average Bonchev–Trinajstić information content (AvgIpc) is 2.67. The van der Waals surface area contributed by atoms with Gasteiger partial charge < -0.3 is 10.1 Å². The lowest BCUT2D eigenvalue weighted by Gasteiger charge is -2.33. The number of aryl methyl sites for hydroxylation is 1. The van der Waals surface area contributed by atoms with E-state index in [4.69, 9.17) is 16.3 Å². The Labute approximate surface area is 160 Å². The van der Waals surface area contributed by atoms with Crippen molar-refractivity contribution in [3.8, 4) is 0 Å². The van der Waals surface area contributed by atoms with Gasteiger partial charge in [-0.3, -0.25) is 9.69 Å². The molecule has 0 aromatic heterocycles. The predicted molar refractivity (Wildman–Crippen MR) is 104 cm³/mol. The van der Waals surface area contributed by atoms with E-state index in [1.165, 1.54) is 5.56 Å². The zero-order valence-corrected chi connectivity index (χ0v) is 15.6. The molecule has 3 rings (SSSR count). The van der Waals surface area contributed by atoms with Crippen molar-refractivity contribution in [3.63, 3.8) is 0 Å². The molecule has 1 N–H and O–H groups in total. The topological polar surface area (TPSA) is 41.6 Å². The van der Waals surface area contributed by atoms with Crippen LogP contribution in [0.2, 0.25) is 5.02 Å². The molecule has 0 saturated carbocycles. The zero-order chi connectivity index (χ0) is 18.2. The maximum absolute atomic E-state index is 12.1. The van der Waals surface area contributed by atoms with Gasteiger partial charge in [0.05, 0.1) is 12.7 Å². The van der Waals surface area contributed by atoms with Crippen molar-refractivity contribution in [2.45, 2.75) is 25.5 Å². The second kappa shape index (κ2) is 9.72. The van der Waals surface area contributed by atoms with Crippen LogP contribution in [0.15, 0.2) is 54.6 Å². The maximum Gasteiger partial charge on any atom is 0.220 e. The van der Waals surface area contributed by atoms with E-state index in [1.807, 2.05) is 30.3 Å². The monoisotopic (exact) mass is 372 g/mol. The first-order valence-corrected chi connectivity index (χ1v) is 9.46. The Morgan fingerprint density at radius 3 is 2.73 bits per heavy atom. The van der Waals surface area contributed by atoms with Crippen molar-refractivity contribution in [1.82, 2.24) is 10.2 Å². The third kappa shape index (κ3) is 5.84. The Kier molecular flexibility index (Phi) is 7.06. The van der Waals surface area contributed by atoms with Crippen LogP contribution in [0.3, 0.4) is 0 Å². The number of rotatable bonds is 7. The third-order valence-corrected chi connectivity index (χ3v) is 4.95. The molecule has 2 aromatic rings. The Balaban J connectivity index is 1.39. The van der Waals surface area contributed by atoms with E-state index in [2.05, 4.69) is 34.5 Å². The predicted octanol–water partition coefficient (Wildman–Crippen LogP) is 3.29. The molecule has 1 aliphatic heterocycles. The summed E-state index contributed by atoms with van der Waals surface area (Å²) in [5, 5.41) is 3.71. The first-order chi connectivity index (χ1) is 12.7. The summed E-state index contributed by atoms with van der Waals surface area (Å²) >= 11 is 6.13. The van der Waals surface area contributed by atoms with Gasteiger partial charge in [0.25, 0.3) is 0 Å². The number of benzene rings is 2. The molecule has 1 unspecified atom stereocenters. The maximum atomic E-state index is 12.1. The molecule has 26 heavy (non-hydrogen) atoms. The number of nitrogens with one attached hydrogen (secondary N) is 1. The number of nitrogens with zero attached hydrogens (tertiary/aromatic N) is 1. The van der Waals surface area contributed by atoms with Gasteiger partial charge in [-0.05, 0) is 23.6 Å². The number of morpholine rings is 1. The summed E-state index contributed by atoms with van der Waals surface area (Å²) < 4.78 is 5.80. The number of hydrogen-bond acceptors (Lipinski definition) is 3. The molecule has 138 valence electrons. The van der Waals surface area contributed by atoms with Crippen LogP contribution in [0, 0.1) is 0 Å². The van der Waals surface area contributed by atoms with Crippen LogP contribution in [0.5, 0.6) is 0 Å². The molecule has 1 amide bonds. The summed E-state index contributed by atoms with van der Waals surface area (Å²) in [6, 6.07) is 18.1. The molecule has 2 aromatic carbocycles. The van der Waals surface area contributed by atoms with Crippen LogP contribution in [0.4, 0.5) is 0 Å². The standard InChI is InChI=1S/C21H25ClN2O2/c22-20-9-5-4-8-18(20)10-11-21(25)23-14-19-16-24(12-13-26-19)15-17-6-2-1-3-7-17/h1-9,19H,10-16H2,(H,23,25). The summed E-state index contributed by atoms with van der Waals surface area (Å²) in [6.07, 6.45) is 1.12. The van der Waals surface area contributed by atoms with Crippen LogP contribution >= 0.6 is 11.6 Å². The van der Waals surface area contributed by atoms with Gasteiger partial charge in [-0.1, -0.05) is 60.1 Å². The van der Waals surface area contributed by atoms with Crippen molar-refractivity contribution in [1.29, 1.82) is 0 Å².